The standard InChI is InChI=1S/C45H93Cl7O23Si16/c1-76(2,33-17-26-46)56-84-64-85(57-77(3,4)34-18-27-47)67-88(60-80(9,10)37-21-30-50)69-86(65-84,58-78(5,6)35-19-28-48)71-90(62-82(13,14)39-23-32-52)72-87(66-84,59-79(7,8)36-20-29-49)70-89(68-85,61-81(11,12)38-22-31-51)74-91(73-88,75-90)63-83(15,16)41-24-25-42-43(40-41)45(54)55-44(42)53/h24-25,40H,17-23,26-39H2,1-16H3. The smallest absolute Gasteiger partial charge is 0.395 e. The maximum absolute atomic E-state index is 13.4. The second kappa shape index (κ2) is 31.2. The molecule has 6 fully saturated rings. The van der Waals surface area contributed by atoms with Crippen molar-refractivity contribution in [3.8, 4) is 0 Å². The number of alkyl halides is 7. The van der Waals surface area contributed by atoms with Crippen LogP contribution in [0.2, 0.25) is 147 Å². The van der Waals surface area contributed by atoms with Gasteiger partial charge in [0, 0.05) is 41.2 Å². The third-order valence-electron chi connectivity index (χ3n) is 14.9. The first-order valence-corrected chi connectivity index (χ1v) is 72.3. The number of rotatable bonds is 38. The normalized spacial score (nSPS) is 30.7. The molecular formula is C45H93Cl7O23Si16. The second-order valence-electron chi connectivity index (χ2n) is 27.9. The van der Waals surface area contributed by atoms with E-state index in [1.54, 1.807) is 12.1 Å². The fourth-order valence-corrected chi connectivity index (χ4v) is 87.0. The van der Waals surface area contributed by atoms with Crippen molar-refractivity contribution in [1.29, 1.82) is 0 Å². The summed E-state index contributed by atoms with van der Waals surface area (Å²) >= 11 is 45.7. The molecule has 7 aliphatic rings. The summed E-state index contributed by atoms with van der Waals surface area (Å²) in [7, 11) is -71.7. The Morgan fingerprint density at radius 2 is 0.484 bits per heavy atom. The summed E-state index contributed by atoms with van der Waals surface area (Å²) in [5.74, 6) is 0.349. The van der Waals surface area contributed by atoms with Crippen LogP contribution in [0.3, 0.4) is 0 Å². The predicted octanol–water partition coefficient (Wildman–Crippen LogP) is 13.1. The van der Waals surface area contributed by atoms with Crippen LogP contribution in [0, 0.1) is 0 Å². The Labute approximate surface area is 590 Å². The molecule has 524 valence electrons. The summed E-state index contributed by atoms with van der Waals surface area (Å²) in [4.78, 5) is 26.5. The summed E-state index contributed by atoms with van der Waals surface area (Å²) in [6, 6.07) is 7.72. The summed E-state index contributed by atoms with van der Waals surface area (Å²) in [5.41, 5.74) is 0.0869. The highest BCUT2D eigenvalue weighted by atomic mass is 35.5. The fraction of sp³-hybridized carbons (Fsp3) is 0.822. The molecule has 0 aliphatic carbocycles. The second-order valence-corrected chi connectivity index (χ2v) is 86.6. The Morgan fingerprint density at radius 1 is 0.297 bits per heavy atom. The first-order valence-electron chi connectivity index (χ1n) is 30.8. The fourth-order valence-electron chi connectivity index (χ4n) is 10.8. The minimum absolute atomic E-state index is 0.0171. The molecule has 8 bridgehead atoms. The van der Waals surface area contributed by atoms with Gasteiger partial charge in [-0.2, -0.15) is 0 Å². The molecule has 0 N–H and O–H groups in total. The summed E-state index contributed by atoms with van der Waals surface area (Å²) in [6.07, 6.45) is 3.52. The minimum Gasteiger partial charge on any atom is -0.395 e. The summed E-state index contributed by atoms with van der Waals surface area (Å²) in [5, 5.41) is 0.450. The van der Waals surface area contributed by atoms with Gasteiger partial charge in [-0.25, -0.2) is 9.59 Å². The number of cyclic esters (lactones) is 2. The largest absolute Gasteiger partial charge is 0.651 e. The molecule has 1 aromatic rings. The van der Waals surface area contributed by atoms with Crippen LogP contribution < -0.4 is 5.19 Å². The quantitative estimate of drug-likeness (QED) is 0.0259. The average Bonchev–Trinajstić information content (AvgIpc) is 0.981. The third-order valence-corrected chi connectivity index (χ3v) is 78.9. The Morgan fingerprint density at radius 3 is 0.681 bits per heavy atom. The summed E-state index contributed by atoms with van der Waals surface area (Å²) in [6.45, 7) is 31.1. The van der Waals surface area contributed by atoms with Gasteiger partial charge in [0.25, 0.3) is 0 Å². The number of carbonyl (C=O) groups is 2. The molecule has 0 aromatic heterocycles. The lowest BCUT2D eigenvalue weighted by Crippen LogP contribution is -2.93. The first kappa shape index (κ1) is 81.4. The van der Waals surface area contributed by atoms with Crippen molar-refractivity contribution in [2.75, 3.05) is 41.2 Å². The van der Waals surface area contributed by atoms with E-state index in [0.29, 0.717) is 98.3 Å². The molecule has 23 nitrogen and oxygen atoms in total. The number of carbonyl (C=O) groups excluding carboxylic acids is 2. The molecule has 1 aromatic carbocycles. The van der Waals surface area contributed by atoms with Gasteiger partial charge in [0.05, 0.1) is 11.1 Å². The van der Waals surface area contributed by atoms with E-state index in [1.165, 1.54) is 6.07 Å². The van der Waals surface area contributed by atoms with Gasteiger partial charge in [-0.1, -0.05) is 6.07 Å². The molecular weight excluding hydrogens is 1610 g/mol. The molecule has 6 saturated heterocycles. The van der Waals surface area contributed by atoms with Crippen molar-refractivity contribution in [3.05, 3.63) is 29.3 Å². The van der Waals surface area contributed by atoms with Gasteiger partial charge in [-0.3, -0.25) is 0 Å². The zero-order chi connectivity index (χ0) is 67.7. The van der Waals surface area contributed by atoms with E-state index in [2.05, 4.69) is 0 Å². The Balaban J connectivity index is 1.75. The Kier molecular flexibility index (Phi) is 27.9. The maximum Gasteiger partial charge on any atom is 0.651 e. The number of hydrogen-bond donors (Lipinski definition) is 0. The van der Waals surface area contributed by atoms with Gasteiger partial charge in [0.1, 0.15) is 0 Å². The zero-order valence-electron chi connectivity index (χ0n) is 55.1. The Hall–Kier alpha value is 3.06. The maximum atomic E-state index is 13.4. The third kappa shape index (κ3) is 21.6. The molecule has 8 rings (SSSR count). The highest BCUT2D eigenvalue weighted by Gasteiger charge is 2.92. The van der Waals surface area contributed by atoms with Crippen molar-refractivity contribution in [1.82, 2.24) is 0 Å². The number of benzene rings is 1. The van der Waals surface area contributed by atoms with E-state index in [0.717, 1.165) is 0 Å². The van der Waals surface area contributed by atoms with E-state index in [1.807, 2.05) is 105 Å². The van der Waals surface area contributed by atoms with Crippen LogP contribution in [0.4, 0.5) is 0 Å². The molecule has 0 atom stereocenters. The SMILES string of the molecule is C[Si](C)(CCCCl)O[Si]12O[Si]3(O[Si](C)(C)CCCCl)O[Si]4(O[Si](C)(C)CCCCl)O[Si](O[Si](C)(C)CCCCl)(O1)O[Si]1(O[Si](C)(C)CCCCl)O[Si](O[Si](C)(C)CCCCl)(O2)O[Si](O[Si](C)(C)CCCCl)(O3)O[Si](O[Si](C)(C)c2ccc3c(c2)C(=O)OC3=O)(O4)O1. The van der Waals surface area contributed by atoms with E-state index in [-0.39, 0.29) is 46.4 Å². The van der Waals surface area contributed by atoms with Crippen LogP contribution in [-0.4, -0.2) is 192 Å². The first-order chi connectivity index (χ1) is 42.0. The van der Waals surface area contributed by atoms with Crippen molar-refractivity contribution in [2.24, 2.45) is 0 Å². The molecule has 0 radical (unpaired) electrons. The van der Waals surface area contributed by atoms with Crippen LogP contribution >= 0.6 is 81.2 Å². The minimum atomic E-state index is -5.73. The van der Waals surface area contributed by atoms with Gasteiger partial charge in [-0.05, 0) is 209 Å². The number of esters is 2. The number of hydrogen-bond acceptors (Lipinski definition) is 23. The van der Waals surface area contributed by atoms with Crippen molar-refractivity contribution in [2.45, 2.75) is 192 Å². The van der Waals surface area contributed by atoms with E-state index in [9.17, 15) is 9.59 Å². The predicted molar refractivity (Wildman–Crippen MR) is 384 cm³/mol. The number of halogens is 7. The van der Waals surface area contributed by atoms with Crippen molar-refractivity contribution >= 4 is 237 Å². The van der Waals surface area contributed by atoms with Crippen molar-refractivity contribution < 1.29 is 96.6 Å². The van der Waals surface area contributed by atoms with Crippen LogP contribution in [0.5, 0.6) is 0 Å². The van der Waals surface area contributed by atoms with Crippen LogP contribution in [0.1, 0.15) is 65.7 Å². The molecule has 91 heavy (non-hydrogen) atoms. The molecule has 0 spiro atoms. The van der Waals surface area contributed by atoms with Crippen LogP contribution in [0.15, 0.2) is 18.2 Å². The number of ether oxygens (including phenoxy) is 1. The number of fused-ring (bicyclic) bond motifs is 1. The van der Waals surface area contributed by atoms with E-state index in [4.69, 9.17) is 168 Å². The Bertz CT molecular complexity index is 2480. The summed E-state index contributed by atoms with van der Waals surface area (Å²) < 4.78 is 162. The molecule has 7 aliphatic heterocycles. The topological polar surface area (TPSA) is 228 Å². The lowest BCUT2D eigenvalue weighted by Gasteiger charge is -2.61. The average molecular weight is 1700 g/mol. The van der Waals surface area contributed by atoms with Crippen LogP contribution in [0.25, 0.3) is 0 Å². The van der Waals surface area contributed by atoms with Gasteiger partial charge in [0.2, 0.25) is 8.32 Å². The molecule has 46 heteroatoms. The van der Waals surface area contributed by atoms with Crippen molar-refractivity contribution in [3.63, 3.8) is 0 Å². The monoisotopic (exact) mass is 1690 g/mol. The molecule has 7 heterocycles. The van der Waals surface area contributed by atoms with Gasteiger partial charge in [0.15, 0.2) is 58.2 Å². The lowest BCUT2D eigenvalue weighted by atomic mass is 10.1. The van der Waals surface area contributed by atoms with E-state index < -0.39 is 151 Å². The highest BCUT2D eigenvalue weighted by molar-refractivity contribution is 7.05. The van der Waals surface area contributed by atoms with Gasteiger partial charge >= 0.3 is 84.3 Å². The molecule has 0 saturated carbocycles. The van der Waals surface area contributed by atoms with E-state index >= 15 is 0 Å². The molecule has 0 unspecified atom stereocenters. The van der Waals surface area contributed by atoms with Crippen LogP contribution in [-0.2, 0) is 87.0 Å². The van der Waals surface area contributed by atoms with Gasteiger partial charge < -0.3 is 87.0 Å². The van der Waals surface area contributed by atoms with Gasteiger partial charge in [-0.15, -0.1) is 81.2 Å². The highest BCUT2D eigenvalue weighted by Crippen LogP contribution is 2.54. The molecule has 0 amide bonds. The zero-order valence-corrected chi connectivity index (χ0v) is 76.4. The lowest BCUT2D eigenvalue weighted by molar-refractivity contribution is -0.129.